The monoisotopic (exact) mass is 228 g/mol. The Morgan fingerprint density at radius 2 is 2.12 bits per heavy atom. The lowest BCUT2D eigenvalue weighted by Crippen LogP contribution is -2.02. The highest BCUT2D eigenvalue weighted by molar-refractivity contribution is 5.87. The van der Waals surface area contributed by atoms with Gasteiger partial charge < -0.3 is 5.11 Å². The van der Waals surface area contributed by atoms with Crippen molar-refractivity contribution < 1.29 is 9.90 Å². The van der Waals surface area contributed by atoms with Crippen LogP contribution in [0.5, 0.6) is 0 Å². The number of carboxylic acids is 1. The number of benzene rings is 1. The molecule has 0 amide bonds. The number of rotatable bonds is 4. The fourth-order valence-electron chi connectivity index (χ4n) is 1.61. The number of hydrogen-bond acceptors (Lipinski definition) is 2. The molecule has 2 rings (SSSR count). The van der Waals surface area contributed by atoms with E-state index in [-0.39, 0.29) is 5.69 Å². The maximum Gasteiger partial charge on any atom is 0.356 e. The van der Waals surface area contributed by atoms with Gasteiger partial charge in [-0.2, -0.15) is 5.10 Å². The molecule has 0 saturated carbocycles. The van der Waals surface area contributed by atoms with Gasteiger partial charge in [-0.15, -0.1) is 6.58 Å². The highest BCUT2D eigenvalue weighted by Crippen LogP contribution is 2.13. The molecule has 1 aromatic carbocycles. The Morgan fingerprint density at radius 3 is 2.71 bits per heavy atom. The molecule has 0 radical (unpaired) electrons. The molecule has 0 saturated heterocycles. The summed E-state index contributed by atoms with van der Waals surface area (Å²) >= 11 is 0. The molecular formula is C13H12N2O2. The molecule has 4 heteroatoms. The van der Waals surface area contributed by atoms with Crippen molar-refractivity contribution in [2.75, 3.05) is 0 Å². The lowest BCUT2D eigenvalue weighted by atomic mass is 10.2. The molecule has 17 heavy (non-hydrogen) atoms. The number of carboxylic acid groups (broad SMARTS) is 1. The zero-order chi connectivity index (χ0) is 12.3. The van der Waals surface area contributed by atoms with E-state index in [4.69, 9.17) is 5.11 Å². The van der Waals surface area contributed by atoms with Crippen LogP contribution in [0.15, 0.2) is 49.2 Å². The number of para-hydroxylation sites is 1. The Balaban J connectivity index is 2.47. The van der Waals surface area contributed by atoms with Crippen LogP contribution < -0.4 is 0 Å². The zero-order valence-corrected chi connectivity index (χ0v) is 9.21. The summed E-state index contributed by atoms with van der Waals surface area (Å²) in [6.07, 6.45) is 3.88. The first kappa shape index (κ1) is 11.1. The van der Waals surface area contributed by atoms with Crippen molar-refractivity contribution in [1.82, 2.24) is 9.78 Å². The fraction of sp³-hybridized carbons (Fsp3) is 0.0769. The molecule has 0 spiro atoms. The van der Waals surface area contributed by atoms with Crippen LogP contribution >= 0.6 is 0 Å². The fourth-order valence-corrected chi connectivity index (χ4v) is 1.61. The molecule has 0 unspecified atom stereocenters. The van der Waals surface area contributed by atoms with Crippen LogP contribution in [0, 0.1) is 0 Å². The van der Waals surface area contributed by atoms with E-state index in [0.29, 0.717) is 12.0 Å². The second-order valence-electron chi connectivity index (χ2n) is 3.58. The number of allylic oxidation sites excluding steroid dienone is 1. The largest absolute Gasteiger partial charge is 0.476 e. The molecule has 0 aliphatic heterocycles. The average Bonchev–Trinajstić information content (AvgIpc) is 2.75. The minimum Gasteiger partial charge on any atom is -0.476 e. The number of nitrogens with zero attached hydrogens (tertiary/aromatic N) is 2. The minimum atomic E-state index is -1.02. The van der Waals surface area contributed by atoms with Crippen molar-refractivity contribution in [2.45, 2.75) is 6.42 Å². The van der Waals surface area contributed by atoms with E-state index >= 15 is 0 Å². The lowest BCUT2D eigenvalue weighted by molar-refractivity contribution is 0.0689. The first-order chi connectivity index (χ1) is 8.22. The number of aromatic nitrogens is 2. The summed E-state index contributed by atoms with van der Waals surface area (Å²) in [6.45, 7) is 3.61. The Kier molecular flexibility index (Phi) is 3.05. The van der Waals surface area contributed by atoms with E-state index in [1.54, 1.807) is 17.0 Å². The first-order valence-corrected chi connectivity index (χ1v) is 5.20. The van der Waals surface area contributed by atoms with Crippen LogP contribution in [0.2, 0.25) is 0 Å². The highest BCUT2D eigenvalue weighted by atomic mass is 16.4. The standard InChI is InChI=1S/C13H12N2O2/c1-2-6-10-9-15(14-12(10)13(16)17)11-7-4-3-5-8-11/h2-5,7-9H,1,6H2,(H,16,17). The van der Waals surface area contributed by atoms with Crippen LogP contribution in [0.1, 0.15) is 16.1 Å². The topological polar surface area (TPSA) is 55.1 Å². The van der Waals surface area contributed by atoms with Gasteiger partial charge in [0.25, 0.3) is 0 Å². The van der Waals surface area contributed by atoms with E-state index in [2.05, 4.69) is 11.7 Å². The van der Waals surface area contributed by atoms with Gasteiger partial charge in [0.1, 0.15) is 0 Å². The second kappa shape index (κ2) is 4.65. The van der Waals surface area contributed by atoms with Crippen LogP contribution in [0.25, 0.3) is 5.69 Å². The van der Waals surface area contributed by atoms with E-state index in [9.17, 15) is 4.79 Å². The third-order valence-corrected chi connectivity index (χ3v) is 2.38. The van der Waals surface area contributed by atoms with Gasteiger partial charge in [0, 0.05) is 11.8 Å². The number of aromatic carboxylic acids is 1. The summed E-state index contributed by atoms with van der Waals surface area (Å²) in [6, 6.07) is 9.40. The van der Waals surface area contributed by atoms with Crippen molar-refractivity contribution >= 4 is 5.97 Å². The Labute approximate surface area is 98.8 Å². The average molecular weight is 228 g/mol. The SMILES string of the molecule is C=CCc1cn(-c2ccccc2)nc1C(=O)O. The third-order valence-electron chi connectivity index (χ3n) is 2.38. The van der Waals surface area contributed by atoms with E-state index in [0.717, 1.165) is 5.69 Å². The van der Waals surface area contributed by atoms with Crippen LogP contribution in [0.3, 0.4) is 0 Å². The molecule has 0 atom stereocenters. The van der Waals surface area contributed by atoms with Crippen molar-refractivity contribution in [3.05, 3.63) is 60.4 Å². The van der Waals surface area contributed by atoms with Crippen LogP contribution in [-0.4, -0.2) is 20.9 Å². The van der Waals surface area contributed by atoms with Crippen molar-refractivity contribution in [2.24, 2.45) is 0 Å². The normalized spacial score (nSPS) is 10.1. The molecule has 1 aromatic heterocycles. The molecule has 0 bridgehead atoms. The van der Waals surface area contributed by atoms with Gasteiger partial charge in [0.2, 0.25) is 0 Å². The second-order valence-corrected chi connectivity index (χ2v) is 3.58. The Morgan fingerprint density at radius 1 is 1.41 bits per heavy atom. The highest BCUT2D eigenvalue weighted by Gasteiger charge is 2.15. The molecular weight excluding hydrogens is 216 g/mol. The van der Waals surface area contributed by atoms with Crippen molar-refractivity contribution in [3.63, 3.8) is 0 Å². The van der Waals surface area contributed by atoms with Crippen LogP contribution in [-0.2, 0) is 6.42 Å². The lowest BCUT2D eigenvalue weighted by Gasteiger charge is -1.98. The molecule has 0 aliphatic carbocycles. The number of hydrogen-bond donors (Lipinski definition) is 1. The Bertz CT molecular complexity index is 544. The van der Waals surface area contributed by atoms with Gasteiger partial charge in [-0.3, -0.25) is 0 Å². The van der Waals surface area contributed by atoms with Crippen molar-refractivity contribution in [1.29, 1.82) is 0 Å². The van der Waals surface area contributed by atoms with Crippen LogP contribution in [0.4, 0.5) is 0 Å². The molecule has 2 aromatic rings. The maximum atomic E-state index is 11.0. The third kappa shape index (κ3) is 2.25. The molecule has 86 valence electrons. The summed E-state index contributed by atoms with van der Waals surface area (Å²) in [5, 5.41) is 13.1. The molecule has 1 heterocycles. The van der Waals surface area contributed by atoms with Gasteiger partial charge in [0.15, 0.2) is 5.69 Å². The van der Waals surface area contributed by atoms with E-state index in [1.165, 1.54) is 0 Å². The quantitative estimate of drug-likeness (QED) is 0.817. The predicted octanol–water partition coefficient (Wildman–Crippen LogP) is 2.30. The molecule has 0 fully saturated rings. The summed E-state index contributed by atoms with van der Waals surface area (Å²) in [5.41, 5.74) is 1.58. The number of carbonyl (C=O) groups is 1. The zero-order valence-electron chi connectivity index (χ0n) is 9.21. The summed E-state index contributed by atoms with van der Waals surface area (Å²) < 4.78 is 1.57. The Hall–Kier alpha value is -2.36. The van der Waals surface area contributed by atoms with Gasteiger partial charge in [-0.1, -0.05) is 24.3 Å². The molecule has 4 nitrogen and oxygen atoms in total. The van der Waals surface area contributed by atoms with E-state index in [1.807, 2.05) is 30.3 Å². The van der Waals surface area contributed by atoms with E-state index < -0.39 is 5.97 Å². The predicted molar refractivity (Wildman–Crippen MR) is 64.4 cm³/mol. The summed E-state index contributed by atoms with van der Waals surface area (Å²) in [7, 11) is 0. The summed E-state index contributed by atoms with van der Waals surface area (Å²) in [4.78, 5) is 11.0. The molecule has 1 N–H and O–H groups in total. The first-order valence-electron chi connectivity index (χ1n) is 5.20. The summed E-state index contributed by atoms with van der Waals surface area (Å²) in [5.74, 6) is -1.02. The smallest absolute Gasteiger partial charge is 0.356 e. The minimum absolute atomic E-state index is 0.0775. The van der Waals surface area contributed by atoms with Gasteiger partial charge in [-0.25, -0.2) is 9.48 Å². The van der Waals surface area contributed by atoms with Gasteiger partial charge >= 0.3 is 5.97 Å². The van der Waals surface area contributed by atoms with Crippen molar-refractivity contribution in [3.8, 4) is 5.69 Å². The molecule has 0 aliphatic rings. The van der Waals surface area contributed by atoms with Gasteiger partial charge in [-0.05, 0) is 18.6 Å². The van der Waals surface area contributed by atoms with Gasteiger partial charge in [0.05, 0.1) is 5.69 Å². The maximum absolute atomic E-state index is 11.0.